The Morgan fingerprint density at radius 1 is 0.963 bits per heavy atom. The molecule has 1 saturated heterocycles. The number of imide groups is 1. The quantitative estimate of drug-likeness (QED) is 0.751. The zero-order valence-corrected chi connectivity index (χ0v) is 15.9. The lowest BCUT2D eigenvalue weighted by atomic mass is 9.94. The lowest BCUT2D eigenvalue weighted by molar-refractivity contribution is -0.0586. The van der Waals surface area contributed by atoms with Gasteiger partial charge in [-0.25, -0.2) is 0 Å². The molecule has 0 aromatic heterocycles. The first-order valence-electron chi connectivity index (χ1n) is 9.92. The number of carbonyl (C=O) groups excluding carboxylic acids is 3. The van der Waals surface area contributed by atoms with E-state index < -0.39 is 0 Å². The van der Waals surface area contributed by atoms with Crippen LogP contribution < -0.4 is 0 Å². The monoisotopic (exact) mass is 370 g/mol. The van der Waals surface area contributed by atoms with Gasteiger partial charge in [0.25, 0.3) is 17.7 Å². The minimum Gasteiger partial charge on any atom is -0.372 e. The molecule has 2 unspecified atom stereocenters. The van der Waals surface area contributed by atoms with E-state index in [2.05, 4.69) is 0 Å². The topological polar surface area (TPSA) is 66.9 Å². The van der Waals surface area contributed by atoms with Crippen LogP contribution in [0, 0.1) is 0 Å². The van der Waals surface area contributed by atoms with Crippen molar-refractivity contribution in [3.05, 3.63) is 34.9 Å². The van der Waals surface area contributed by atoms with Crippen molar-refractivity contribution < 1.29 is 19.1 Å². The lowest BCUT2D eigenvalue weighted by Gasteiger charge is -2.35. The Morgan fingerprint density at radius 2 is 1.59 bits per heavy atom. The van der Waals surface area contributed by atoms with Crippen LogP contribution in [0.1, 0.15) is 77.0 Å². The maximum absolute atomic E-state index is 12.9. The molecule has 1 aromatic rings. The molecule has 6 nitrogen and oxygen atoms in total. The summed E-state index contributed by atoms with van der Waals surface area (Å²) in [5.74, 6) is -0.578. The van der Waals surface area contributed by atoms with Crippen molar-refractivity contribution in [2.75, 3.05) is 13.1 Å². The van der Waals surface area contributed by atoms with E-state index in [-0.39, 0.29) is 36.0 Å². The van der Waals surface area contributed by atoms with E-state index in [1.165, 1.54) is 4.90 Å². The molecule has 1 aromatic carbocycles. The first kappa shape index (κ1) is 18.2. The summed E-state index contributed by atoms with van der Waals surface area (Å²) in [5.41, 5.74) is 1.25. The van der Waals surface area contributed by atoms with Crippen molar-refractivity contribution in [2.45, 2.75) is 64.2 Å². The number of nitrogens with zero attached hydrogens (tertiary/aromatic N) is 2. The van der Waals surface area contributed by atoms with E-state index in [1.54, 1.807) is 23.1 Å². The second-order valence-electron chi connectivity index (χ2n) is 8.00. The Kier molecular flexibility index (Phi) is 4.76. The summed E-state index contributed by atoms with van der Waals surface area (Å²) in [4.78, 5) is 41.8. The number of morpholine rings is 1. The number of ether oxygens (including phenoxy) is 1. The Morgan fingerprint density at radius 3 is 2.26 bits per heavy atom. The van der Waals surface area contributed by atoms with Crippen LogP contribution in [-0.2, 0) is 4.74 Å². The van der Waals surface area contributed by atoms with Crippen molar-refractivity contribution in [2.24, 2.45) is 0 Å². The van der Waals surface area contributed by atoms with Gasteiger partial charge in [-0.2, -0.15) is 0 Å². The van der Waals surface area contributed by atoms with Crippen molar-refractivity contribution in [3.63, 3.8) is 0 Å². The fraction of sp³-hybridized carbons (Fsp3) is 0.571. The summed E-state index contributed by atoms with van der Waals surface area (Å²) < 4.78 is 5.69. The average Bonchev–Trinajstić information content (AvgIpc) is 2.91. The Balaban J connectivity index is 1.58. The van der Waals surface area contributed by atoms with Crippen LogP contribution in [0.25, 0.3) is 0 Å². The SMILES string of the molecule is CC1CN(C(=O)c2ccc3c(c2)C(=O)N(C2CCCCC2)C3=O)CC(C)O1. The first-order valence-corrected chi connectivity index (χ1v) is 9.92. The maximum Gasteiger partial charge on any atom is 0.261 e. The van der Waals surface area contributed by atoms with Gasteiger partial charge in [0.2, 0.25) is 0 Å². The van der Waals surface area contributed by atoms with E-state index in [0.29, 0.717) is 29.8 Å². The third kappa shape index (κ3) is 3.27. The van der Waals surface area contributed by atoms with Gasteiger partial charge in [-0.1, -0.05) is 19.3 Å². The van der Waals surface area contributed by atoms with Gasteiger partial charge < -0.3 is 9.64 Å². The molecule has 1 saturated carbocycles. The normalized spacial score (nSPS) is 26.4. The molecule has 0 bridgehead atoms. The van der Waals surface area contributed by atoms with E-state index in [4.69, 9.17) is 4.74 Å². The molecule has 27 heavy (non-hydrogen) atoms. The third-order valence-corrected chi connectivity index (χ3v) is 5.81. The average molecular weight is 370 g/mol. The molecule has 0 N–H and O–H groups in total. The van der Waals surface area contributed by atoms with Crippen LogP contribution in [0.15, 0.2) is 18.2 Å². The van der Waals surface area contributed by atoms with Crippen LogP contribution in [0.4, 0.5) is 0 Å². The van der Waals surface area contributed by atoms with Gasteiger partial charge in [0.1, 0.15) is 0 Å². The molecule has 4 rings (SSSR count). The highest BCUT2D eigenvalue weighted by molar-refractivity contribution is 6.22. The largest absolute Gasteiger partial charge is 0.372 e. The van der Waals surface area contributed by atoms with Crippen LogP contribution in [0.5, 0.6) is 0 Å². The summed E-state index contributed by atoms with van der Waals surface area (Å²) in [6.45, 7) is 4.95. The number of carbonyl (C=O) groups is 3. The lowest BCUT2D eigenvalue weighted by Crippen LogP contribution is -2.48. The number of fused-ring (bicyclic) bond motifs is 1. The predicted molar refractivity (Wildman–Crippen MR) is 99.7 cm³/mol. The summed E-state index contributed by atoms with van der Waals surface area (Å²) in [7, 11) is 0. The molecule has 2 aliphatic heterocycles. The van der Waals surface area contributed by atoms with E-state index in [1.807, 2.05) is 13.8 Å². The Labute approximate surface area is 159 Å². The molecule has 6 heteroatoms. The highest BCUT2D eigenvalue weighted by Crippen LogP contribution is 2.31. The number of amides is 3. The van der Waals surface area contributed by atoms with Gasteiger partial charge in [-0.15, -0.1) is 0 Å². The molecular formula is C21H26N2O4. The minimum atomic E-state index is -0.250. The van der Waals surface area contributed by atoms with Crippen LogP contribution in [-0.4, -0.2) is 58.9 Å². The molecule has 2 heterocycles. The number of benzene rings is 1. The zero-order valence-electron chi connectivity index (χ0n) is 15.9. The minimum absolute atomic E-state index is 0.00811. The molecule has 2 fully saturated rings. The molecule has 2 atom stereocenters. The zero-order chi connectivity index (χ0) is 19.1. The molecular weight excluding hydrogens is 344 g/mol. The summed E-state index contributed by atoms with van der Waals surface area (Å²) in [6, 6.07) is 4.90. The molecule has 144 valence electrons. The standard InChI is InChI=1S/C21H26N2O4/c1-13-11-22(12-14(2)27-13)19(24)15-8-9-17-18(10-15)21(26)23(20(17)25)16-6-4-3-5-7-16/h8-10,13-14,16H,3-7,11-12H2,1-2H3. The van der Waals surface area contributed by atoms with E-state index in [0.717, 1.165) is 32.1 Å². The second-order valence-corrected chi connectivity index (χ2v) is 8.00. The number of hydrogen-bond donors (Lipinski definition) is 0. The molecule has 1 aliphatic carbocycles. The molecule has 3 aliphatic rings. The van der Waals surface area contributed by atoms with Gasteiger partial charge >= 0.3 is 0 Å². The number of hydrogen-bond acceptors (Lipinski definition) is 4. The van der Waals surface area contributed by atoms with E-state index in [9.17, 15) is 14.4 Å². The Hall–Kier alpha value is -2.21. The van der Waals surface area contributed by atoms with Gasteiger partial charge in [-0.05, 0) is 44.9 Å². The van der Waals surface area contributed by atoms with Crippen molar-refractivity contribution in [1.82, 2.24) is 9.80 Å². The number of rotatable bonds is 2. The third-order valence-electron chi connectivity index (χ3n) is 5.81. The van der Waals surface area contributed by atoms with Gasteiger partial charge in [0, 0.05) is 24.7 Å². The smallest absolute Gasteiger partial charge is 0.261 e. The second kappa shape index (κ2) is 7.08. The van der Waals surface area contributed by atoms with Crippen LogP contribution >= 0.6 is 0 Å². The van der Waals surface area contributed by atoms with Crippen molar-refractivity contribution >= 4 is 17.7 Å². The fourth-order valence-electron chi connectivity index (χ4n) is 4.59. The highest BCUT2D eigenvalue weighted by atomic mass is 16.5. The molecule has 0 radical (unpaired) electrons. The van der Waals surface area contributed by atoms with Gasteiger partial charge in [0.05, 0.1) is 23.3 Å². The summed E-state index contributed by atoms with van der Waals surface area (Å²) in [6.07, 6.45) is 4.98. The van der Waals surface area contributed by atoms with Crippen molar-refractivity contribution in [3.8, 4) is 0 Å². The summed E-state index contributed by atoms with van der Waals surface area (Å²) in [5, 5.41) is 0. The predicted octanol–water partition coefficient (Wildman–Crippen LogP) is 2.86. The molecule has 0 spiro atoms. The molecule has 3 amide bonds. The first-order chi connectivity index (χ1) is 13.0. The summed E-state index contributed by atoms with van der Waals surface area (Å²) >= 11 is 0. The maximum atomic E-state index is 12.9. The van der Waals surface area contributed by atoms with Gasteiger partial charge in [-0.3, -0.25) is 19.3 Å². The van der Waals surface area contributed by atoms with Gasteiger partial charge in [0.15, 0.2) is 0 Å². The van der Waals surface area contributed by atoms with Crippen molar-refractivity contribution in [1.29, 1.82) is 0 Å². The fourth-order valence-corrected chi connectivity index (χ4v) is 4.59. The highest BCUT2D eigenvalue weighted by Gasteiger charge is 2.40. The Bertz CT molecular complexity index is 774. The van der Waals surface area contributed by atoms with Crippen LogP contribution in [0.3, 0.4) is 0 Å². The van der Waals surface area contributed by atoms with E-state index >= 15 is 0 Å². The van der Waals surface area contributed by atoms with Crippen LogP contribution in [0.2, 0.25) is 0 Å².